The van der Waals surface area contributed by atoms with Gasteiger partial charge in [-0.3, -0.25) is 9.13 Å². The molecule has 2 heterocycles. The number of nitrogens with zero attached hydrogens (tertiary/aromatic N) is 8. The molecule has 0 aliphatic heterocycles. The third-order valence-corrected chi connectivity index (χ3v) is 11.1. The highest BCUT2D eigenvalue weighted by Gasteiger charge is 2.51. The summed E-state index contributed by atoms with van der Waals surface area (Å²) in [6, 6.07) is -1.05. The summed E-state index contributed by atoms with van der Waals surface area (Å²) < 4.78 is 37.6. The zero-order valence-electron chi connectivity index (χ0n) is 22.2. The Hall–Kier alpha value is -2.24. The Labute approximate surface area is 222 Å². The molecule has 2 rings (SSSR count). The first-order valence-corrected chi connectivity index (χ1v) is 15.4. The van der Waals surface area contributed by atoms with E-state index in [4.69, 9.17) is 26.6 Å². The highest BCUT2D eigenvalue weighted by molar-refractivity contribution is 7.99. The van der Waals surface area contributed by atoms with Crippen molar-refractivity contribution in [2.75, 3.05) is 55.7 Å². The van der Waals surface area contributed by atoms with Crippen molar-refractivity contribution in [3.8, 4) is 0 Å². The standard InChI is InChI=1S/C18H34N8O8SSi2/c1-9-11-25(36(29-3,30-4)31-5)17(27)23-13-19-15(21-23)35-16-20-14-24(22-16)18(28)26(12-10-2)37(32-6,33-7)34-8/h13-14H,9-12H2,1-8H3. The highest BCUT2D eigenvalue weighted by atomic mass is 32.2. The van der Waals surface area contributed by atoms with Crippen molar-refractivity contribution in [2.24, 2.45) is 0 Å². The molecule has 2 amide bonds. The number of amides is 2. The topological polar surface area (TPSA) is 157 Å². The largest absolute Gasteiger partial charge is 0.636 e. The summed E-state index contributed by atoms with van der Waals surface area (Å²) in [4.78, 5) is 34.7. The Balaban J connectivity index is 2.24. The van der Waals surface area contributed by atoms with Crippen molar-refractivity contribution in [3.63, 3.8) is 0 Å². The summed E-state index contributed by atoms with van der Waals surface area (Å²) in [5, 5.41) is 8.81. The minimum Gasteiger partial charge on any atom is -0.360 e. The second kappa shape index (κ2) is 14.1. The maximum atomic E-state index is 13.2. The molecule has 0 atom stereocenters. The van der Waals surface area contributed by atoms with E-state index >= 15 is 0 Å². The average Bonchev–Trinajstić information content (AvgIpc) is 3.59. The highest BCUT2D eigenvalue weighted by Crippen LogP contribution is 2.22. The van der Waals surface area contributed by atoms with Crippen LogP contribution in [0.25, 0.3) is 0 Å². The van der Waals surface area contributed by atoms with Crippen molar-refractivity contribution in [1.29, 1.82) is 0 Å². The molecule has 0 aliphatic carbocycles. The van der Waals surface area contributed by atoms with Gasteiger partial charge in [-0.25, -0.2) is 19.6 Å². The number of aromatic nitrogens is 6. The van der Waals surface area contributed by atoms with Crippen LogP contribution in [0.2, 0.25) is 0 Å². The molecule has 0 bridgehead atoms. The fourth-order valence-electron chi connectivity index (χ4n) is 3.41. The van der Waals surface area contributed by atoms with Gasteiger partial charge in [0.05, 0.1) is 0 Å². The molecular formula is C18H34N8O8SSi2. The summed E-state index contributed by atoms with van der Waals surface area (Å²) in [7, 11) is 1.63. The number of hydrogen-bond acceptors (Lipinski definition) is 13. The lowest BCUT2D eigenvalue weighted by molar-refractivity contribution is 0.0669. The summed E-state index contributed by atoms with van der Waals surface area (Å²) >= 11 is 0.971. The Morgan fingerprint density at radius 3 is 1.32 bits per heavy atom. The predicted octanol–water partition coefficient (Wildman–Crippen LogP) is 1.13. The quantitative estimate of drug-likeness (QED) is 0.294. The molecule has 0 aliphatic rings. The van der Waals surface area contributed by atoms with Crippen molar-refractivity contribution in [1.82, 2.24) is 38.7 Å². The van der Waals surface area contributed by atoms with Crippen LogP contribution in [0.5, 0.6) is 0 Å². The van der Waals surface area contributed by atoms with Gasteiger partial charge in [-0.2, -0.15) is 9.36 Å². The van der Waals surface area contributed by atoms with E-state index in [0.717, 1.165) is 21.1 Å². The van der Waals surface area contributed by atoms with E-state index in [0.29, 0.717) is 25.9 Å². The molecule has 0 fully saturated rings. The van der Waals surface area contributed by atoms with Crippen LogP contribution in [-0.4, -0.2) is 124 Å². The summed E-state index contributed by atoms with van der Waals surface area (Å²) in [6.07, 6.45) is 3.79. The fraction of sp³-hybridized carbons (Fsp3) is 0.667. The van der Waals surface area contributed by atoms with Crippen molar-refractivity contribution in [3.05, 3.63) is 12.7 Å². The van der Waals surface area contributed by atoms with Gasteiger partial charge in [0, 0.05) is 55.7 Å². The minimum atomic E-state index is -3.44. The van der Waals surface area contributed by atoms with E-state index in [9.17, 15) is 9.59 Å². The summed E-state index contributed by atoms with van der Waals surface area (Å²) in [5.41, 5.74) is 0. The molecule has 37 heavy (non-hydrogen) atoms. The second-order valence-corrected chi connectivity index (χ2v) is 13.7. The average molecular weight is 579 g/mol. The van der Waals surface area contributed by atoms with Crippen LogP contribution in [-0.2, 0) is 26.6 Å². The Bertz CT molecular complexity index is 925. The van der Waals surface area contributed by atoms with Gasteiger partial charge in [-0.05, 0) is 24.6 Å². The molecular weight excluding hydrogens is 544 g/mol. The number of rotatable bonds is 14. The second-order valence-electron chi connectivity index (χ2n) is 7.19. The number of carbonyl (C=O) groups is 2. The molecule has 0 saturated heterocycles. The van der Waals surface area contributed by atoms with Gasteiger partial charge >= 0.3 is 30.0 Å². The molecule has 16 nitrogen and oxygen atoms in total. The molecule has 208 valence electrons. The van der Waals surface area contributed by atoms with E-state index in [1.807, 2.05) is 13.8 Å². The Morgan fingerprint density at radius 2 is 1.05 bits per heavy atom. The van der Waals surface area contributed by atoms with E-state index < -0.39 is 30.0 Å². The SMILES string of the molecule is CCCN(C(=O)n1cnc(Sc2ncn(C(=O)N(CCC)[Si](OC)(OC)OC)n2)n1)[Si](OC)(OC)OC. The molecule has 0 radical (unpaired) electrons. The van der Waals surface area contributed by atoms with Crippen molar-refractivity contribution >= 4 is 41.8 Å². The maximum absolute atomic E-state index is 13.2. The first-order chi connectivity index (χ1) is 17.7. The zero-order valence-corrected chi connectivity index (χ0v) is 25.1. The molecule has 19 heteroatoms. The maximum Gasteiger partial charge on any atom is 0.636 e. The lowest BCUT2D eigenvalue weighted by Crippen LogP contribution is -2.62. The van der Waals surface area contributed by atoms with Gasteiger partial charge < -0.3 is 26.6 Å². The van der Waals surface area contributed by atoms with Gasteiger partial charge in [0.2, 0.25) is 10.3 Å². The van der Waals surface area contributed by atoms with E-state index in [2.05, 4.69) is 20.2 Å². The van der Waals surface area contributed by atoms with Crippen LogP contribution in [0.3, 0.4) is 0 Å². The van der Waals surface area contributed by atoms with Gasteiger partial charge in [0.25, 0.3) is 0 Å². The third kappa shape index (κ3) is 6.61. The predicted molar refractivity (Wildman–Crippen MR) is 133 cm³/mol. The van der Waals surface area contributed by atoms with Crippen LogP contribution < -0.4 is 0 Å². The molecule has 2 aromatic heterocycles. The summed E-state index contributed by atoms with van der Waals surface area (Å²) in [6.45, 7) is 4.46. The lowest BCUT2D eigenvalue weighted by Gasteiger charge is -2.34. The van der Waals surface area contributed by atoms with Gasteiger partial charge in [0.15, 0.2) is 0 Å². The van der Waals surface area contributed by atoms with Gasteiger partial charge in [-0.1, -0.05) is 13.8 Å². The van der Waals surface area contributed by atoms with Gasteiger partial charge in [-0.15, -0.1) is 10.2 Å². The minimum absolute atomic E-state index is 0.189. The first-order valence-electron chi connectivity index (χ1n) is 11.2. The van der Waals surface area contributed by atoms with E-state index in [1.165, 1.54) is 64.4 Å². The van der Waals surface area contributed by atoms with Crippen LogP contribution in [0.1, 0.15) is 26.7 Å². The Morgan fingerprint density at radius 1 is 0.730 bits per heavy atom. The van der Waals surface area contributed by atoms with Crippen molar-refractivity contribution in [2.45, 2.75) is 37.0 Å². The molecule has 0 saturated carbocycles. The first kappa shape index (κ1) is 31.0. The van der Waals surface area contributed by atoms with Crippen molar-refractivity contribution < 1.29 is 36.1 Å². The van der Waals surface area contributed by atoms with Gasteiger partial charge in [0.1, 0.15) is 12.7 Å². The van der Waals surface area contributed by atoms with E-state index in [1.54, 1.807) is 0 Å². The molecule has 0 aromatic carbocycles. The molecule has 0 unspecified atom stereocenters. The van der Waals surface area contributed by atoms with E-state index in [-0.39, 0.29) is 10.3 Å². The Kier molecular flexibility index (Phi) is 11.8. The number of carbonyl (C=O) groups excluding carboxylic acids is 2. The lowest BCUT2D eigenvalue weighted by atomic mass is 10.5. The molecule has 0 spiro atoms. The molecule has 2 aromatic rings. The fourth-order valence-corrected chi connectivity index (χ4v) is 8.02. The summed E-state index contributed by atoms with van der Waals surface area (Å²) in [5.74, 6) is 0. The smallest absolute Gasteiger partial charge is 0.360 e. The van der Waals surface area contributed by atoms with Crippen LogP contribution in [0.15, 0.2) is 23.0 Å². The molecule has 0 N–H and O–H groups in total. The van der Waals surface area contributed by atoms with Crippen LogP contribution >= 0.6 is 11.8 Å². The zero-order chi connectivity index (χ0) is 27.6. The number of hydrogen-bond donors (Lipinski definition) is 0. The normalized spacial score (nSPS) is 12.1. The van der Waals surface area contributed by atoms with Crippen LogP contribution in [0, 0.1) is 0 Å². The van der Waals surface area contributed by atoms with Crippen LogP contribution in [0.4, 0.5) is 9.59 Å². The monoisotopic (exact) mass is 578 g/mol. The third-order valence-electron chi connectivity index (χ3n) is 5.08.